The van der Waals surface area contributed by atoms with Crippen LogP contribution in [0.2, 0.25) is 0 Å². The van der Waals surface area contributed by atoms with Crippen LogP contribution in [0.15, 0.2) is 23.4 Å². The van der Waals surface area contributed by atoms with Gasteiger partial charge in [-0.2, -0.15) is 0 Å². The van der Waals surface area contributed by atoms with Crippen LogP contribution in [-0.2, 0) is 4.84 Å². The average Bonchev–Trinajstić information content (AvgIpc) is 2.38. The van der Waals surface area contributed by atoms with Crippen molar-refractivity contribution in [3.8, 4) is 17.2 Å². The Morgan fingerprint density at radius 1 is 0.789 bits per heavy atom. The van der Waals surface area contributed by atoms with Crippen LogP contribution < -0.4 is 14.2 Å². The largest absolute Gasteiger partial charge is 0.496 e. The van der Waals surface area contributed by atoms with E-state index in [2.05, 4.69) is 9.99 Å². The molecule has 1 aromatic rings. The van der Waals surface area contributed by atoms with Gasteiger partial charge in [-0.1, -0.05) is 12.6 Å². The van der Waals surface area contributed by atoms with Crippen molar-refractivity contribution in [1.82, 2.24) is 0 Å². The Kier molecular flexibility index (Phi) is 11.4. The molecule has 0 radical (unpaired) electrons. The molecule has 0 bridgehead atoms. The first-order valence-corrected chi connectivity index (χ1v) is 5.38. The van der Waals surface area contributed by atoms with Crippen molar-refractivity contribution in [3.05, 3.63) is 18.2 Å². The Morgan fingerprint density at radius 3 is 1.21 bits per heavy atom. The summed E-state index contributed by atoms with van der Waals surface area (Å²) in [5.74, 6) is 2.18. The fourth-order valence-corrected chi connectivity index (χ4v) is 1.08. The lowest BCUT2D eigenvalue weighted by atomic mass is 10.3. The van der Waals surface area contributed by atoms with Crippen molar-refractivity contribution < 1.29 is 19.0 Å². The number of benzene rings is 1. The number of hydrogen-bond donors (Lipinski definition) is 0. The van der Waals surface area contributed by atoms with Gasteiger partial charge in [0, 0.05) is 18.2 Å². The molecule has 5 nitrogen and oxygen atoms in total. The van der Waals surface area contributed by atoms with Crippen LogP contribution in [0.25, 0.3) is 0 Å². The van der Waals surface area contributed by atoms with E-state index in [-0.39, 0.29) is 7.43 Å². The fraction of sp³-hybridized carbons (Fsp3) is 0.500. The zero-order valence-electron chi connectivity index (χ0n) is 11.8. The van der Waals surface area contributed by atoms with E-state index in [1.54, 1.807) is 39.5 Å². The molecular weight excluding hydrogens is 246 g/mol. The predicted molar refractivity (Wildman–Crippen MR) is 78.6 cm³/mol. The van der Waals surface area contributed by atoms with E-state index in [4.69, 9.17) is 14.2 Å². The van der Waals surface area contributed by atoms with Crippen LogP contribution in [0.4, 0.5) is 0 Å². The number of methoxy groups -OCH3 is 3. The second-order valence-corrected chi connectivity index (χ2v) is 3.47. The van der Waals surface area contributed by atoms with Crippen molar-refractivity contribution in [1.29, 1.82) is 0 Å². The summed E-state index contributed by atoms with van der Waals surface area (Å²) < 4.78 is 15.1. The van der Waals surface area contributed by atoms with Gasteiger partial charge < -0.3 is 19.0 Å². The highest BCUT2D eigenvalue weighted by atomic mass is 16.6. The molecule has 0 fully saturated rings. The molecule has 0 atom stereocenters. The van der Waals surface area contributed by atoms with Crippen LogP contribution >= 0.6 is 0 Å². The molecule has 0 saturated carbocycles. The number of oxime groups is 1. The summed E-state index contributed by atoms with van der Waals surface area (Å²) in [6.45, 7) is 3.76. The Bertz CT molecular complexity index is 318. The second kappa shape index (κ2) is 11.2. The molecule has 0 aliphatic rings. The lowest BCUT2D eigenvalue weighted by Crippen LogP contribution is -1.89. The van der Waals surface area contributed by atoms with Crippen LogP contribution in [0.3, 0.4) is 0 Å². The Morgan fingerprint density at radius 2 is 1.11 bits per heavy atom. The average molecular weight is 271 g/mol. The number of ether oxygens (including phenoxy) is 3. The van der Waals surface area contributed by atoms with Gasteiger partial charge in [0.2, 0.25) is 0 Å². The van der Waals surface area contributed by atoms with Crippen LogP contribution in [0.5, 0.6) is 17.2 Å². The minimum Gasteiger partial charge on any atom is -0.496 e. The first-order chi connectivity index (χ1) is 8.57. The van der Waals surface area contributed by atoms with Gasteiger partial charge in [-0.05, 0) is 13.8 Å². The SMILES string of the molecule is C.CON=C(C)C.COc1cc(OC)cc(OC)c1. The standard InChI is InChI=1S/C9H12O3.C4H9NO.CH4/c1-10-7-4-8(11-2)6-9(5-7)12-3;1-4(2)5-6-3;/h4-6H,1-3H3;1-3H3;1H4. The Balaban J connectivity index is 0. The third kappa shape index (κ3) is 8.77. The monoisotopic (exact) mass is 271 g/mol. The minimum atomic E-state index is 0. The van der Waals surface area contributed by atoms with Crippen molar-refractivity contribution in [2.75, 3.05) is 28.4 Å². The van der Waals surface area contributed by atoms with E-state index in [9.17, 15) is 0 Å². The van der Waals surface area contributed by atoms with E-state index in [0.29, 0.717) is 0 Å². The maximum atomic E-state index is 5.04. The first kappa shape index (κ1) is 19.4. The molecule has 0 aliphatic carbocycles. The van der Waals surface area contributed by atoms with Gasteiger partial charge in [-0.15, -0.1) is 0 Å². The van der Waals surface area contributed by atoms with Crippen molar-refractivity contribution >= 4 is 5.71 Å². The van der Waals surface area contributed by atoms with Gasteiger partial charge in [-0.3, -0.25) is 0 Å². The van der Waals surface area contributed by atoms with E-state index in [1.807, 2.05) is 13.8 Å². The first-order valence-electron chi connectivity index (χ1n) is 5.38. The number of nitrogens with zero attached hydrogens (tertiary/aromatic N) is 1. The van der Waals surface area contributed by atoms with Gasteiger partial charge >= 0.3 is 0 Å². The third-order valence-electron chi connectivity index (χ3n) is 1.83. The molecule has 19 heavy (non-hydrogen) atoms. The molecule has 0 amide bonds. The quantitative estimate of drug-likeness (QED) is 0.622. The summed E-state index contributed by atoms with van der Waals surface area (Å²) in [5, 5.41) is 3.54. The molecule has 0 unspecified atom stereocenters. The Labute approximate surface area is 116 Å². The molecule has 110 valence electrons. The molecule has 0 spiro atoms. The van der Waals surface area contributed by atoms with E-state index in [1.165, 1.54) is 7.11 Å². The van der Waals surface area contributed by atoms with E-state index < -0.39 is 0 Å². The Hall–Kier alpha value is -1.91. The van der Waals surface area contributed by atoms with Crippen molar-refractivity contribution in [2.24, 2.45) is 5.16 Å². The van der Waals surface area contributed by atoms with Gasteiger partial charge in [0.25, 0.3) is 0 Å². The van der Waals surface area contributed by atoms with E-state index in [0.717, 1.165) is 23.0 Å². The summed E-state index contributed by atoms with van der Waals surface area (Å²) in [4.78, 5) is 4.39. The maximum absolute atomic E-state index is 5.04. The predicted octanol–water partition coefficient (Wildman–Crippen LogP) is 3.38. The third-order valence-corrected chi connectivity index (χ3v) is 1.83. The lowest BCUT2D eigenvalue weighted by Gasteiger charge is -2.06. The summed E-state index contributed by atoms with van der Waals surface area (Å²) in [6, 6.07) is 5.38. The molecule has 0 aliphatic heterocycles. The second-order valence-electron chi connectivity index (χ2n) is 3.47. The molecule has 1 aromatic carbocycles. The van der Waals surface area contributed by atoms with Crippen molar-refractivity contribution in [2.45, 2.75) is 21.3 Å². The van der Waals surface area contributed by atoms with Crippen LogP contribution in [0, 0.1) is 0 Å². The number of rotatable bonds is 4. The topological polar surface area (TPSA) is 49.3 Å². The van der Waals surface area contributed by atoms with Crippen molar-refractivity contribution in [3.63, 3.8) is 0 Å². The van der Waals surface area contributed by atoms with E-state index >= 15 is 0 Å². The molecule has 0 N–H and O–H groups in total. The highest BCUT2D eigenvalue weighted by Crippen LogP contribution is 2.26. The summed E-state index contributed by atoms with van der Waals surface area (Å²) in [7, 11) is 6.35. The highest BCUT2D eigenvalue weighted by molar-refractivity contribution is 5.78. The smallest absolute Gasteiger partial charge is 0.126 e. The molecule has 0 heterocycles. The van der Waals surface area contributed by atoms with Gasteiger partial charge in [0.05, 0.1) is 27.0 Å². The fourth-order valence-electron chi connectivity index (χ4n) is 1.08. The van der Waals surface area contributed by atoms with Gasteiger partial charge in [-0.25, -0.2) is 0 Å². The maximum Gasteiger partial charge on any atom is 0.126 e. The lowest BCUT2D eigenvalue weighted by molar-refractivity contribution is 0.213. The number of hydrogen-bond acceptors (Lipinski definition) is 5. The zero-order valence-corrected chi connectivity index (χ0v) is 11.8. The summed E-state index contributed by atoms with van der Waals surface area (Å²) in [5.41, 5.74) is 0.942. The van der Waals surface area contributed by atoms with Gasteiger partial charge in [0.1, 0.15) is 24.4 Å². The molecular formula is C14H25NO4. The molecule has 0 saturated heterocycles. The van der Waals surface area contributed by atoms with Crippen LogP contribution in [-0.4, -0.2) is 34.2 Å². The molecule has 5 heteroatoms. The highest BCUT2D eigenvalue weighted by Gasteiger charge is 2.00. The molecule has 1 rings (SSSR count). The van der Waals surface area contributed by atoms with Gasteiger partial charge in [0.15, 0.2) is 0 Å². The zero-order chi connectivity index (χ0) is 14.0. The summed E-state index contributed by atoms with van der Waals surface area (Å²) in [6.07, 6.45) is 0. The normalized spacial score (nSPS) is 8.11. The summed E-state index contributed by atoms with van der Waals surface area (Å²) >= 11 is 0. The molecule has 0 aromatic heterocycles. The minimum absolute atomic E-state index is 0. The van der Waals surface area contributed by atoms with Crippen LogP contribution in [0.1, 0.15) is 21.3 Å².